The highest BCUT2D eigenvalue weighted by molar-refractivity contribution is 7.89. The molecule has 1 atom stereocenters. The van der Waals surface area contributed by atoms with Crippen molar-refractivity contribution in [3.63, 3.8) is 0 Å². The van der Waals surface area contributed by atoms with Gasteiger partial charge < -0.3 is 15.8 Å². The van der Waals surface area contributed by atoms with Gasteiger partial charge >= 0.3 is 0 Å². The molecule has 0 heterocycles. The van der Waals surface area contributed by atoms with Gasteiger partial charge in [0.15, 0.2) is 0 Å². The summed E-state index contributed by atoms with van der Waals surface area (Å²) >= 11 is 0. The first-order valence-electron chi connectivity index (χ1n) is 8.70. The third-order valence-electron chi connectivity index (χ3n) is 4.32. The molecule has 9 heteroatoms. The molecule has 1 saturated carbocycles. The van der Waals surface area contributed by atoms with Crippen LogP contribution in [0.2, 0.25) is 0 Å². The quantitative estimate of drug-likeness (QED) is 0.599. The molecule has 0 aromatic heterocycles. The molecular weight excluding hydrogens is 402 g/mol. The SMILES string of the molecule is COc1ccc(C(=O)NCC(N)c2ccccc2)cc1S(=O)(=O)NC1CC1.Cl. The third kappa shape index (κ3) is 5.45. The molecule has 0 saturated heterocycles. The van der Waals surface area contributed by atoms with Crippen molar-refractivity contribution in [3.8, 4) is 5.75 Å². The van der Waals surface area contributed by atoms with Crippen molar-refractivity contribution < 1.29 is 17.9 Å². The van der Waals surface area contributed by atoms with Crippen molar-refractivity contribution in [2.45, 2.75) is 29.8 Å². The zero-order valence-corrected chi connectivity index (χ0v) is 17.1. The highest BCUT2D eigenvalue weighted by atomic mass is 35.5. The third-order valence-corrected chi connectivity index (χ3v) is 5.87. The number of hydrogen-bond acceptors (Lipinski definition) is 5. The lowest BCUT2D eigenvalue weighted by atomic mass is 10.1. The number of halogens is 1. The molecule has 0 bridgehead atoms. The first-order chi connectivity index (χ1) is 12.9. The molecule has 4 N–H and O–H groups in total. The molecule has 152 valence electrons. The number of methoxy groups -OCH3 is 1. The first-order valence-corrected chi connectivity index (χ1v) is 10.2. The van der Waals surface area contributed by atoms with Crippen LogP contribution < -0.4 is 20.5 Å². The topological polar surface area (TPSA) is 111 Å². The van der Waals surface area contributed by atoms with Gasteiger partial charge in [-0.05, 0) is 36.6 Å². The van der Waals surface area contributed by atoms with Gasteiger partial charge in [-0.2, -0.15) is 0 Å². The lowest BCUT2D eigenvalue weighted by Crippen LogP contribution is -2.32. The van der Waals surface area contributed by atoms with E-state index in [1.165, 1.54) is 25.3 Å². The summed E-state index contributed by atoms with van der Waals surface area (Å²) < 4.78 is 32.8. The number of nitrogens with two attached hydrogens (primary N) is 1. The highest BCUT2D eigenvalue weighted by Gasteiger charge is 2.30. The summed E-state index contributed by atoms with van der Waals surface area (Å²) in [7, 11) is -2.36. The molecule has 1 unspecified atom stereocenters. The number of ether oxygens (including phenoxy) is 1. The van der Waals surface area contributed by atoms with E-state index in [-0.39, 0.29) is 47.2 Å². The molecule has 28 heavy (non-hydrogen) atoms. The summed E-state index contributed by atoms with van der Waals surface area (Å²) in [5.74, 6) is -0.201. The smallest absolute Gasteiger partial charge is 0.251 e. The monoisotopic (exact) mass is 425 g/mol. The Balaban J connectivity index is 0.00000280. The Morgan fingerprint density at radius 3 is 2.50 bits per heavy atom. The number of rotatable bonds is 8. The van der Waals surface area contributed by atoms with Crippen LogP contribution in [0.3, 0.4) is 0 Å². The molecule has 1 aliphatic rings. The average Bonchev–Trinajstić information content (AvgIpc) is 3.49. The maximum Gasteiger partial charge on any atom is 0.251 e. The fourth-order valence-corrected chi connectivity index (χ4v) is 4.13. The summed E-state index contributed by atoms with van der Waals surface area (Å²) in [5, 5.41) is 2.75. The minimum atomic E-state index is -3.75. The fourth-order valence-electron chi connectivity index (χ4n) is 2.63. The van der Waals surface area contributed by atoms with Gasteiger partial charge in [-0.15, -0.1) is 12.4 Å². The lowest BCUT2D eigenvalue weighted by molar-refractivity contribution is 0.0951. The van der Waals surface area contributed by atoms with Gasteiger partial charge in [-0.3, -0.25) is 4.79 Å². The first kappa shape index (κ1) is 22.2. The highest BCUT2D eigenvalue weighted by Crippen LogP contribution is 2.28. The maximum absolute atomic E-state index is 12.5. The minimum Gasteiger partial charge on any atom is -0.495 e. The predicted octanol–water partition coefficient (Wildman–Crippen LogP) is 1.99. The molecule has 0 spiro atoms. The summed E-state index contributed by atoms with van der Waals surface area (Å²) in [5.41, 5.74) is 7.22. The number of nitrogens with one attached hydrogen (secondary N) is 2. The number of carbonyl (C=O) groups excluding carboxylic acids is 1. The van der Waals surface area contributed by atoms with Crippen LogP contribution in [0, 0.1) is 0 Å². The molecule has 3 rings (SSSR count). The van der Waals surface area contributed by atoms with Gasteiger partial charge in [0.05, 0.1) is 7.11 Å². The average molecular weight is 426 g/mol. The Bertz CT molecular complexity index is 918. The van der Waals surface area contributed by atoms with Crippen LogP contribution in [-0.4, -0.2) is 34.0 Å². The Labute approximate surface area is 171 Å². The molecule has 0 radical (unpaired) electrons. The zero-order valence-electron chi connectivity index (χ0n) is 15.4. The number of sulfonamides is 1. The second-order valence-corrected chi connectivity index (χ2v) is 8.17. The molecular formula is C19H24ClN3O4S. The predicted molar refractivity (Wildman–Crippen MR) is 109 cm³/mol. The standard InChI is InChI=1S/C19H23N3O4S.ClH/c1-26-17-10-7-14(11-18(17)27(24,25)22-15-8-9-15)19(23)21-12-16(20)13-5-3-2-4-6-13;/h2-7,10-11,15-16,22H,8-9,12,20H2,1H3,(H,21,23);1H. The van der Waals surface area contributed by atoms with Gasteiger partial charge in [0.2, 0.25) is 10.0 Å². The Kier molecular flexibility index (Phi) is 7.42. The number of amides is 1. The lowest BCUT2D eigenvalue weighted by Gasteiger charge is -2.15. The van der Waals surface area contributed by atoms with Crippen LogP contribution in [0.1, 0.15) is 34.8 Å². The van der Waals surface area contributed by atoms with Crippen LogP contribution in [0.4, 0.5) is 0 Å². The van der Waals surface area contributed by atoms with Crippen molar-refractivity contribution >= 4 is 28.3 Å². The van der Waals surface area contributed by atoms with Crippen LogP contribution in [0.25, 0.3) is 0 Å². The van der Waals surface area contributed by atoms with E-state index >= 15 is 0 Å². The maximum atomic E-state index is 12.5. The van der Waals surface area contributed by atoms with Crippen LogP contribution >= 0.6 is 12.4 Å². The fraction of sp³-hybridized carbons (Fsp3) is 0.316. The number of hydrogen-bond donors (Lipinski definition) is 3. The van der Waals surface area contributed by atoms with E-state index in [1.807, 2.05) is 30.3 Å². The molecule has 2 aromatic rings. The molecule has 0 aliphatic heterocycles. The van der Waals surface area contributed by atoms with Crippen molar-refractivity contribution in [3.05, 3.63) is 59.7 Å². The Morgan fingerprint density at radius 1 is 1.21 bits per heavy atom. The zero-order chi connectivity index (χ0) is 19.4. The summed E-state index contributed by atoms with van der Waals surface area (Å²) in [6, 6.07) is 13.4. The van der Waals surface area contributed by atoms with Crippen LogP contribution in [0.15, 0.2) is 53.4 Å². The molecule has 2 aromatic carbocycles. The van der Waals surface area contributed by atoms with E-state index in [0.717, 1.165) is 18.4 Å². The van der Waals surface area contributed by atoms with E-state index in [9.17, 15) is 13.2 Å². The Hall–Kier alpha value is -2.13. The minimum absolute atomic E-state index is 0. The van der Waals surface area contributed by atoms with Gasteiger partial charge in [-0.25, -0.2) is 13.1 Å². The van der Waals surface area contributed by atoms with Crippen LogP contribution in [0.5, 0.6) is 5.75 Å². The van der Waals surface area contributed by atoms with E-state index < -0.39 is 15.9 Å². The van der Waals surface area contributed by atoms with E-state index in [0.29, 0.717) is 0 Å². The van der Waals surface area contributed by atoms with E-state index in [2.05, 4.69) is 10.0 Å². The largest absolute Gasteiger partial charge is 0.495 e. The summed E-state index contributed by atoms with van der Waals surface area (Å²) in [4.78, 5) is 12.4. The van der Waals surface area contributed by atoms with Crippen molar-refractivity contribution in [2.75, 3.05) is 13.7 Å². The molecule has 1 fully saturated rings. The summed E-state index contributed by atoms with van der Waals surface area (Å²) in [6.45, 7) is 0.233. The van der Waals surface area contributed by atoms with Crippen molar-refractivity contribution in [1.82, 2.24) is 10.0 Å². The number of carbonyl (C=O) groups is 1. The van der Waals surface area contributed by atoms with Gasteiger partial charge in [-0.1, -0.05) is 30.3 Å². The van der Waals surface area contributed by atoms with E-state index in [4.69, 9.17) is 10.5 Å². The van der Waals surface area contributed by atoms with Gasteiger partial charge in [0.25, 0.3) is 5.91 Å². The van der Waals surface area contributed by atoms with Crippen molar-refractivity contribution in [2.24, 2.45) is 5.73 Å². The second-order valence-electron chi connectivity index (χ2n) is 6.49. The second kappa shape index (κ2) is 9.38. The molecule has 1 aliphatic carbocycles. The van der Waals surface area contributed by atoms with Crippen molar-refractivity contribution in [1.29, 1.82) is 0 Å². The summed E-state index contributed by atoms with van der Waals surface area (Å²) in [6.07, 6.45) is 1.64. The number of benzene rings is 2. The van der Waals surface area contributed by atoms with Crippen LogP contribution in [-0.2, 0) is 10.0 Å². The van der Waals surface area contributed by atoms with E-state index in [1.54, 1.807) is 0 Å². The van der Waals surface area contributed by atoms with Gasteiger partial charge in [0, 0.05) is 24.2 Å². The normalized spacial score (nSPS) is 14.6. The van der Waals surface area contributed by atoms with Gasteiger partial charge in [0.1, 0.15) is 10.6 Å². The molecule has 1 amide bonds. The molecule has 7 nitrogen and oxygen atoms in total. The Morgan fingerprint density at radius 2 is 1.89 bits per heavy atom.